The van der Waals surface area contributed by atoms with E-state index in [1.807, 2.05) is 48.5 Å². The monoisotopic (exact) mass is 326 g/mol. The Bertz CT molecular complexity index is 568. The lowest BCUT2D eigenvalue weighted by Gasteiger charge is -2.41. The van der Waals surface area contributed by atoms with E-state index >= 15 is 0 Å². The molecule has 0 aliphatic heterocycles. The largest absolute Gasteiger partial charge is 0.444 e. The maximum atomic E-state index is 12.1. The molecule has 1 rings (SSSR count). The van der Waals surface area contributed by atoms with Crippen LogP contribution in [0.15, 0.2) is 5.38 Å². The Labute approximate surface area is 136 Å². The van der Waals surface area contributed by atoms with Crippen LogP contribution in [0.4, 0.5) is 4.79 Å². The molecule has 1 N–H and O–H groups in total. The standard InChI is InChI=1S/C16H26N2O3S/c1-10(19)11-9-22-12(17-11)15(5,6)16(7,8)18-13(20)21-14(2,3)4/h9H,1-8H3,(H,18,20). The summed E-state index contributed by atoms with van der Waals surface area (Å²) in [5, 5.41) is 5.47. The third-order valence-corrected chi connectivity index (χ3v) is 4.94. The van der Waals surface area contributed by atoms with Gasteiger partial charge in [-0.15, -0.1) is 11.3 Å². The van der Waals surface area contributed by atoms with Crippen molar-refractivity contribution in [3.05, 3.63) is 16.1 Å². The first-order valence-corrected chi connectivity index (χ1v) is 8.12. The second-order valence-electron chi connectivity index (χ2n) is 7.47. The summed E-state index contributed by atoms with van der Waals surface area (Å²) < 4.78 is 5.33. The van der Waals surface area contributed by atoms with Crippen molar-refractivity contribution in [2.45, 2.75) is 71.9 Å². The molecule has 1 amide bonds. The second-order valence-corrected chi connectivity index (χ2v) is 8.33. The van der Waals surface area contributed by atoms with Crippen molar-refractivity contribution in [2.24, 2.45) is 0 Å². The highest BCUT2D eigenvalue weighted by atomic mass is 32.1. The van der Waals surface area contributed by atoms with E-state index in [1.54, 1.807) is 5.38 Å². The Morgan fingerprint density at radius 2 is 1.68 bits per heavy atom. The van der Waals surface area contributed by atoms with Crippen molar-refractivity contribution in [1.82, 2.24) is 10.3 Å². The highest BCUT2D eigenvalue weighted by Crippen LogP contribution is 2.36. The van der Waals surface area contributed by atoms with E-state index in [0.717, 1.165) is 5.01 Å². The van der Waals surface area contributed by atoms with Gasteiger partial charge in [0.2, 0.25) is 0 Å². The molecule has 1 aromatic heterocycles. The van der Waals surface area contributed by atoms with Gasteiger partial charge >= 0.3 is 6.09 Å². The zero-order chi connectivity index (χ0) is 17.3. The number of aromatic nitrogens is 1. The van der Waals surface area contributed by atoms with Gasteiger partial charge in [0.1, 0.15) is 16.3 Å². The Hall–Kier alpha value is -1.43. The minimum absolute atomic E-state index is 0.0591. The van der Waals surface area contributed by atoms with Gasteiger partial charge in [-0.05, 0) is 34.6 Å². The first-order chi connectivity index (χ1) is 9.76. The summed E-state index contributed by atoms with van der Waals surface area (Å²) in [6.45, 7) is 14.8. The molecule has 22 heavy (non-hydrogen) atoms. The number of hydrogen-bond donors (Lipinski definition) is 1. The van der Waals surface area contributed by atoms with Gasteiger partial charge in [-0.1, -0.05) is 13.8 Å². The normalized spacial score (nSPS) is 12.9. The molecule has 0 aliphatic carbocycles. The molecular weight excluding hydrogens is 300 g/mol. The zero-order valence-corrected chi connectivity index (χ0v) is 15.5. The van der Waals surface area contributed by atoms with Gasteiger partial charge in [0.05, 0.1) is 0 Å². The number of alkyl carbamates (subject to hydrolysis) is 1. The lowest BCUT2D eigenvalue weighted by molar-refractivity contribution is 0.0427. The third-order valence-electron chi connectivity index (χ3n) is 3.78. The molecule has 0 unspecified atom stereocenters. The van der Waals surface area contributed by atoms with Gasteiger partial charge in [-0.3, -0.25) is 4.79 Å². The highest BCUT2D eigenvalue weighted by Gasteiger charge is 2.42. The molecule has 5 nitrogen and oxygen atoms in total. The van der Waals surface area contributed by atoms with E-state index in [-0.39, 0.29) is 5.78 Å². The summed E-state index contributed by atoms with van der Waals surface area (Å²) in [7, 11) is 0. The van der Waals surface area contributed by atoms with Crippen LogP contribution in [-0.4, -0.2) is 28.0 Å². The van der Waals surface area contributed by atoms with Crippen LogP contribution in [0.3, 0.4) is 0 Å². The Kier molecular flexibility index (Phi) is 5.07. The molecule has 0 saturated carbocycles. The molecule has 1 heterocycles. The number of ether oxygens (including phenoxy) is 1. The van der Waals surface area contributed by atoms with Crippen LogP contribution in [0.5, 0.6) is 0 Å². The Morgan fingerprint density at radius 1 is 1.14 bits per heavy atom. The lowest BCUT2D eigenvalue weighted by Crippen LogP contribution is -2.56. The number of carbonyl (C=O) groups is 2. The molecule has 1 aromatic rings. The fourth-order valence-corrected chi connectivity index (χ4v) is 2.85. The number of ketones is 1. The quantitative estimate of drug-likeness (QED) is 0.851. The van der Waals surface area contributed by atoms with Crippen molar-refractivity contribution >= 4 is 23.2 Å². The highest BCUT2D eigenvalue weighted by molar-refractivity contribution is 7.10. The van der Waals surface area contributed by atoms with E-state index in [1.165, 1.54) is 18.3 Å². The van der Waals surface area contributed by atoms with Gasteiger partial charge in [0.15, 0.2) is 5.78 Å². The summed E-state index contributed by atoms with van der Waals surface area (Å²) in [5.41, 5.74) is -1.14. The Balaban J connectivity index is 2.97. The van der Waals surface area contributed by atoms with Crippen molar-refractivity contribution < 1.29 is 14.3 Å². The molecule has 0 atom stereocenters. The maximum absolute atomic E-state index is 12.1. The van der Waals surface area contributed by atoms with Crippen molar-refractivity contribution in [3.8, 4) is 0 Å². The minimum Gasteiger partial charge on any atom is -0.444 e. The molecule has 0 aliphatic rings. The number of nitrogens with zero attached hydrogens (tertiary/aromatic N) is 1. The maximum Gasteiger partial charge on any atom is 0.408 e. The molecule has 0 radical (unpaired) electrons. The molecule has 6 heteroatoms. The number of Topliss-reactive ketones (excluding diaryl/α,β-unsaturated/α-hetero) is 1. The van der Waals surface area contributed by atoms with Gasteiger partial charge in [-0.25, -0.2) is 9.78 Å². The van der Waals surface area contributed by atoms with Gasteiger partial charge in [0, 0.05) is 23.3 Å². The number of thiazole rings is 1. The average Bonchev–Trinajstić information content (AvgIpc) is 2.74. The fraction of sp³-hybridized carbons (Fsp3) is 0.688. The smallest absolute Gasteiger partial charge is 0.408 e. The number of carbonyl (C=O) groups excluding carboxylic acids is 2. The summed E-state index contributed by atoms with van der Waals surface area (Å²) in [5.74, 6) is -0.0591. The molecule has 124 valence electrons. The molecule has 0 saturated heterocycles. The molecule has 0 spiro atoms. The first-order valence-electron chi connectivity index (χ1n) is 7.24. The predicted octanol–water partition coefficient (Wildman–Crippen LogP) is 3.93. The van der Waals surface area contributed by atoms with Gasteiger partial charge in [-0.2, -0.15) is 0 Å². The molecular formula is C16H26N2O3S. The predicted molar refractivity (Wildman–Crippen MR) is 88.6 cm³/mol. The number of hydrogen-bond acceptors (Lipinski definition) is 5. The van der Waals surface area contributed by atoms with Crippen LogP contribution in [0, 0.1) is 0 Å². The van der Waals surface area contributed by atoms with Crippen LogP contribution in [0.2, 0.25) is 0 Å². The van der Waals surface area contributed by atoms with Crippen LogP contribution >= 0.6 is 11.3 Å². The van der Waals surface area contributed by atoms with E-state index in [9.17, 15) is 9.59 Å². The van der Waals surface area contributed by atoms with Crippen LogP contribution < -0.4 is 5.32 Å². The van der Waals surface area contributed by atoms with Gasteiger partial charge < -0.3 is 10.1 Å². The lowest BCUT2D eigenvalue weighted by atomic mass is 9.75. The minimum atomic E-state index is -0.596. The number of nitrogens with one attached hydrogen (secondary N) is 1. The van der Waals surface area contributed by atoms with Crippen LogP contribution in [0.1, 0.15) is 70.9 Å². The molecule has 0 bridgehead atoms. The Morgan fingerprint density at radius 3 is 2.09 bits per heavy atom. The third kappa shape index (κ3) is 4.29. The average molecular weight is 326 g/mol. The molecule has 0 fully saturated rings. The second kappa shape index (κ2) is 5.99. The van der Waals surface area contributed by atoms with E-state index in [0.29, 0.717) is 5.69 Å². The summed E-state index contributed by atoms with van der Waals surface area (Å²) in [6, 6.07) is 0. The topological polar surface area (TPSA) is 68.3 Å². The fourth-order valence-electron chi connectivity index (χ4n) is 1.70. The summed E-state index contributed by atoms with van der Waals surface area (Å²) >= 11 is 1.43. The van der Waals surface area contributed by atoms with E-state index in [2.05, 4.69) is 10.3 Å². The van der Waals surface area contributed by atoms with E-state index in [4.69, 9.17) is 4.74 Å². The van der Waals surface area contributed by atoms with Gasteiger partial charge in [0.25, 0.3) is 0 Å². The van der Waals surface area contributed by atoms with Crippen LogP contribution in [0.25, 0.3) is 0 Å². The number of amides is 1. The summed E-state index contributed by atoms with van der Waals surface area (Å²) in [4.78, 5) is 27.9. The number of rotatable bonds is 4. The van der Waals surface area contributed by atoms with Crippen molar-refractivity contribution in [3.63, 3.8) is 0 Å². The molecule has 0 aromatic carbocycles. The SMILES string of the molecule is CC(=O)c1csc(C(C)(C)C(C)(C)NC(=O)OC(C)(C)C)n1. The van der Waals surface area contributed by atoms with Crippen molar-refractivity contribution in [1.29, 1.82) is 0 Å². The summed E-state index contributed by atoms with van der Waals surface area (Å²) in [6.07, 6.45) is -0.464. The zero-order valence-electron chi connectivity index (χ0n) is 14.7. The first kappa shape index (κ1) is 18.6. The van der Waals surface area contributed by atoms with Crippen LogP contribution in [-0.2, 0) is 10.2 Å². The van der Waals surface area contributed by atoms with Crippen molar-refractivity contribution in [2.75, 3.05) is 0 Å². The van der Waals surface area contributed by atoms with E-state index < -0.39 is 22.6 Å².